The van der Waals surface area contributed by atoms with Crippen molar-refractivity contribution in [3.05, 3.63) is 0 Å². The number of hydrogen-bond donors (Lipinski definition) is 2. The molecular weight excluding hydrogens is 280 g/mol. The van der Waals surface area contributed by atoms with Gasteiger partial charge in [-0.25, -0.2) is 0 Å². The number of rotatable bonds is 8. The van der Waals surface area contributed by atoms with Crippen molar-refractivity contribution in [1.82, 2.24) is 10.2 Å². The van der Waals surface area contributed by atoms with Crippen molar-refractivity contribution >= 4 is 23.6 Å². The Hall–Kier alpha value is -0.790. The number of aliphatic hydroxyl groups excluding tert-OH is 1. The van der Waals surface area contributed by atoms with Crippen molar-refractivity contribution in [2.45, 2.75) is 25.8 Å². The summed E-state index contributed by atoms with van der Waals surface area (Å²) in [5.74, 6) is 0.632. The zero-order valence-corrected chi connectivity index (χ0v) is 12.8. The summed E-state index contributed by atoms with van der Waals surface area (Å²) in [4.78, 5) is 25.2. The summed E-state index contributed by atoms with van der Waals surface area (Å²) in [6, 6.07) is 0.0604. The van der Waals surface area contributed by atoms with E-state index in [0.29, 0.717) is 44.2 Å². The van der Waals surface area contributed by atoms with Gasteiger partial charge in [0.25, 0.3) is 0 Å². The molecule has 0 radical (unpaired) electrons. The molecule has 0 bridgehead atoms. The van der Waals surface area contributed by atoms with Gasteiger partial charge in [0, 0.05) is 25.7 Å². The minimum absolute atomic E-state index is 0.0600. The molecule has 1 fully saturated rings. The van der Waals surface area contributed by atoms with E-state index < -0.39 is 0 Å². The third-order valence-electron chi connectivity index (χ3n) is 3.03. The monoisotopic (exact) mass is 304 g/mol. The number of hydrogen-bond acceptors (Lipinski definition) is 5. The second kappa shape index (κ2) is 10.0. The SMILES string of the molecule is CC(CCCO)NC(=O)CSCC(=O)N1CCOCC1. The van der Waals surface area contributed by atoms with Crippen LogP contribution in [0.3, 0.4) is 0 Å². The van der Waals surface area contributed by atoms with Crippen LogP contribution in [0.2, 0.25) is 0 Å². The lowest BCUT2D eigenvalue weighted by molar-refractivity contribution is -0.132. The molecule has 6 nitrogen and oxygen atoms in total. The standard InChI is InChI=1S/C13H24N2O4S/c1-11(3-2-6-16)14-12(17)9-20-10-13(18)15-4-7-19-8-5-15/h11,16H,2-10H2,1H3,(H,14,17). The molecule has 20 heavy (non-hydrogen) atoms. The molecule has 0 saturated carbocycles. The minimum atomic E-state index is -0.0600. The molecule has 0 spiro atoms. The first-order valence-electron chi connectivity index (χ1n) is 6.97. The number of nitrogens with zero attached hydrogens (tertiary/aromatic N) is 1. The highest BCUT2D eigenvalue weighted by Gasteiger charge is 2.17. The number of carbonyl (C=O) groups excluding carboxylic acids is 2. The van der Waals surface area contributed by atoms with Crippen molar-refractivity contribution in [3.8, 4) is 0 Å². The summed E-state index contributed by atoms with van der Waals surface area (Å²) in [7, 11) is 0. The fraction of sp³-hybridized carbons (Fsp3) is 0.846. The van der Waals surface area contributed by atoms with Gasteiger partial charge in [0.05, 0.1) is 24.7 Å². The molecule has 1 unspecified atom stereocenters. The Labute approximate surface area is 124 Å². The third-order valence-corrected chi connectivity index (χ3v) is 3.94. The summed E-state index contributed by atoms with van der Waals surface area (Å²) in [5, 5.41) is 11.6. The number of morpholine rings is 1. The van der Waals surface area contributed by atoms with Crippen molar-refractivity contribution < 1.29 is 19.4 Å². The van der Waals surface area contributed by atoms with Gasteiger partial charge in [0.15, 0.2) is 0 Å². The van der Waals surface area contributed by atoms with E-state index in [9.17, 15) is 9.59 Å². The molecule has 0 aromatic heterocycles. The molecule has 116 valence electrons. The lowest BCUT2D eigenvalue weighted by Gasteiger charge is -2.26. The molecule has 7 heteroatoms. The van der Waals surface area contributed by atoms with Crippen molar-refractivity contribution in [2.75, 3.05) is 44.4 Å². The highest BCUT2D eigenvalue weighted by atomic mass is 32.2. The fourth-order valence-electron chi connectivity index (χ4n) is 1.92. The Bertz CT molecular complexity index is 309. The quantitative estimate of drug-likeness (QED) is 0.652. The Morgan fingerprint density at radius 2 is 2.05 bits per heavy atom. The second-order valence-corrected chi connectivity index (χ2v) is 5.81. The highest BCUT2D eigenvalue weighted by Crippen LogP contribution is 2.05. The van der Waals surface area contributed by atoms with Crippen LogP contribution in [0.1, 0.15) is 19.8 Å². The van der Waals surface area contributed by atoms with E-state index in [1.54, 1.807) is 4.90 Å². The number of nitrogens with one attached hydrogen (secondary N) is 1. The molecule has 2 amide bonds. The van der Waals surface area contributed by atoms with Crippen LogP contribution >= 0.6 is 11.8 Å². The minimum Gasteiger partial charge on any atom is -0.396 e. The first-order valence-corrected chi connectivity index (χ1v) is 8.12. The van der Waals surface area contributed by atoms with Gasteiger partial charge in [-0.15, -0.1) is 11.8 Å². The maximum Gasteiger partial charge on any atom is 0.232 e. The fourth-order valence-corrected chi connectivity index (χ4v) is 2.65. The summed E-state index contributed by atoms with van der Waals surface area (Å²) >= 11 is 1.34. The molecule has 1 heterocycles. The van der Waals surface area contributed by atoms with Gasteiger partial charge >= 0.3 is 0 Å². The van der Waals surface area contributed by atoms with Gasteiger partial charge in [0.1, 0.15) is 0 Å². The lowest BCUT2D eigenvalue weighted by atomic mass is 10.2. The van der Waals surface area contributed by atoms with Crippen LogP contribution in [0.4, 0.5) is 0 Å². The molecule has 1 rings (SSSR count). The first kappa shape index (κ1) is 17.3. The van der Waals surface area contributed by atoms with E-state index in [4.69, 9.17) is 9.84 Å². The number of amides is 2. The average molecular weight is 304 g/mol. The van der Waals surface area contributed by atoms with Gasteiger partial charge in [-0.2, -0.15) is 0 Å². The van der Waals surface area contributed by atoms with Crippen LogP contribution in [-0.2, 0) is 14.3 Å². The van der Waals surface area contributed by atoms with Gasteiger partial charge in [-0.3, -0.25) is 9.59 Å². The summed E-state index contributed by atoms with van der Waals surface area (Å²) < 4.78 is 5.19. The lowest BCUT2D eigenvalue weighted by Crippen LogP contribution is -2.42. The van der Waals surface area contributed by atoms with Gasteiger partial charge in [-0.1, -0.05) is 0 Å². The van der Waals surface area contributed by atoms with Gasteiger partial charge < -0.3 is 20.1 Å². The Morgan fingerprint density at radius 1 is 1.35 bits per heavy atom. The Balaban J connectivity index is 2.10. The van der Waals surface area contributed by atoms with Crippen molar-refractivity contribution in [3.63, 3.8) is 0 Å². The number of thioether (sulfide) groups is 1. The van der Waals surface area contributed by atoms with Gasteiger partial charge in [-0.05, 0) is 19.8 Å². The second-order valence-electron chi connectivity index (χ2n) is 4.82. The van der Waals surface area contributed by atoms with Crippen LogP contribution in [-0.4, -0.2) is 72.3 Å². The zero-order chi connectivity index (χ0) is 14.8. The van der Waals surface area contributed by atoms with E-state index in [2.05, 4.69) is 5.32 Å². The average Bonchev–Trinajstić information content (AvgIpc) is 2.45. The smallest absolute Gasteiger partial charge is 0.232 e. The predicted molar refractivity (Wildman–Crippen MR) is 78.6 cm³/mol. The molecule has 1 atom stereocenters. The van der Waals surface area contributed by atoms with Crippen molar-refractivity contribution in [2.24, 2.45) is 0 Å². The normalized spacial score (nSPS) is 16.8. The topological polar surface area (TPSA) is 78.9 Å². The van der Waals surface area contributed by atoms with Crippen LogP contribution in [0, 0.1) is 0 Å². The maximum absolute atomic E-state index is 11.8. The van der Waals surface area contributed by atoms with Crippen LogP contribution in [0.5, 0.6) is 0 Å². The summed E-state index contributed by atoms with van der Waals surface area (Å²) in [6.45, 7) is 4.53. The molecule has 2 N–H and O–H groups in total. The van der Waals surface area contributed by atoms with E-state index in [-0.39, 0.29) is 24.5 Å². The largest absolute Gasteiger partial charge is 0.396 e. The first-order chi connectivity index (χ1) is 9.63. The highest BCUT2D eigenvalue weighted by molar-refractivity contribution is 8.00. The molecule has 0 aliphatic carbocycles. The zero-order valence-electron chi connectivity index (χ0n) is 12.0. The molecule has 0 aromatic carbocycles. The Morgan fingerprint density at radius 3 is 2.70 bits per heavy atom. The van der Waals surface area contributed by atoms with E-state index in [1.165, 1.54) is 11.8 Å². The summed E-state index contributed by atoms with van der Waals surface area (Å²) in [5.41, 5.74) is 0. The van der Waals surface area contributed by atoms with Crippen LogP contribution in [0.15, 0.2) is 0 Å². The molecule has 1 saturated heterocycles. The van der Waals surface area contributed by atoms with Gasteiger partial charge in [0.2, 0.25) is 11.8 Å². The molecular formula is C13H24N2O4S. The van der Waals surface area contributed by atoms with E-state index >= 15 is 0 Å². The van der Waals surface area contributed by atoms with E-state index in [0.717, 1.165) is 6.42 Å². The Kier molecular flexibility index (Phi) is 8.64. The number of carbonyl (C=O) groups is 2. The van der Waals surface area contributed by atoms with Crippen molar-refractivity contribution in [1.29, 1.82) is 0 Å². The summed E-state index contributed by atoms with van der Waals surface area (Å²) in [6.07, 6.45) is 1.45. The third kappa shape index (κ3) is 7.12. The van der Waals surface area contributed by atoms with Crippen LogP contribution < -0.4 is 5.32 Å². The molecule has 1 aliphatic rings. The maximum atomic E-state index is 11.8. The van der Waals surface area contributed by atoms with E-state index in [1.807, 2.05) is 6.92 Å². The number of aliphatic hydroxyl groups is 1. The number of ether oxygens (including phenoxy) is 1. The predicted octanol–water partition coefficient (Wildman–Crippen LogP) is -0.144. The molecule has 1 aliphatic heterocycles. The molecule has 0 aromatic rings. The van der Waals surface area contributed by atoms with Crippen LogP contribution in [0.25, 0.3) is 0 Å².